The molecule has 1 aliphatic rings. The van der Waals surface area contributed by atoms with E-state index in [-0.39, 0.29) is 16.4 Å². The molecule has 0 atom stereocenters. The van der Waals surface area contributed by atoms with Gasteiger partial charge in [-0.2, -0.15) is 0 Å². The fraction of sp³-hybridized carbons (Fsp3) is 0.125. The van der Waals surface area contributed by atoms with E-state index in [1.807, 2.05) is 0 Å². The van der Waals surface area contributed by atoms with Gasteiger partial charge < -0.3 is 10.6 Å². The lowest BCUT2D eigenvalue weighted by Crippen LogP contribution is -2.20. The predicted octanol–water partition coefficient (Wildman–Crippen LogP) is 1.85. The Hall–Kier alpha value is -2.23. The van der Waals surface area contributed by atoms with Gasteiger partial charge in [0.1, 0.15) is 0 Å². The first kappa shape index (κ1) is 17.6. The van der Waals surface area contributed by atoms with E-state index < -0.39 is 15.9 Å². The summed E-state index contributed by atoms with van der Waals surface area (Å²) in [5.74, 6) is -0.673. The van der Waals surface area contributed by atoms with Crippen LogP contribution in [-0.2, 0) is 16.6 Å². The first-order chi connectivity index (χ1) is 11.8. The Kier molecular flexibility index (Phi) is 4.63. The van der Waals surface area contributed by atoms with Crippen molar-refractivity contribution in [1.82, 2.24) is 10.0 Å². The Morgan fingerprint density at radius 1 is 1.20 bits per heavy atom. The van der Waals surface area contributed by atoms with Crippen molar-refractivity contribution in [3.63, 3.8) is 0 Å². The van der Waals surface area contributed by atoms with Crippen LogP contribution < -0.4 is 15.4 Å². The predicted molar refractivity (Wildman–Crippen MR) is 96.0 cm³/mol. The lowest BCUT2D eigenvalue weighted by molar-refractivity contribution is 0.0964. The lowest BCUT2D eigenvalue weighted by Gasteiger charge is -2.10. The van der Waals surface area contributed by atoms with Crippen molar-refractivity contribution in [3.8, 4) is 0 Å². The minimum absolute atomic E-state index is 0.0170. The summed E-state index contributed by atoms with van der Waals surface area (Å²) >= 11 is 3.25. The first-order valence-corrected chi connectivity index (χ1v) is 9.55. The fourth-order valence-electron chi connectivity index (χ4n) is 2.45. The Labute approximate surface area is 153 Å². The Morgan fingerprint density at radius 2 is 1.96 bits per heavy atom. The van der Waals surface area contributed by atoms with E-state index >= 15 is 0 Å². The van der Waals surface area contributed by atoms with Crippen LogP contribution in [0.1, 0.15) is 26.3 Å². The number of hydrogen-bond acceptors (Lipinski definition) is 4. The molecule has 0 fully saturated rings. The second-order valence-corrected chi connectivity index (χ2v) is 8.10. The molecule has 1 aliphatic heterocycles. The Bertz CT molecular complexity index is 989. The van der Waals surface area contributed by atoms with Gasteiger partial charge in [0.15, 0.2) is 0 Å². The van der Waals surface area contributed by atoms with Crippen LogP contribution in [0, 0.1) is 0 Å². The van der Waals surface area contributed by atoms with E-state index in [9.17, 15) is 18.0 Å². The molecule has 0 radical (unpaired) electrons. The summed E-state index contributed by atoms with van der Waals surface area (Å²) in [7, 11) is -2.36. The van der Waals surface area contributed by atoms with Gasteiger partial charge in [-0.1, -0.05) is 6.07 Å². The topological polar surface area (TPSA) is 104 Å². The molecule has 2 amide bonds. The molecule has 0 aromatic heterocycles. The minimum Gasteiger partial charge on any atom is -0.348 e. The number of rotatable bonds is 4. The van der Waals surface area contributed by atoms with Gasteiger partial charge in [0, 0.05) is 22.3 Å². The van der Waals surface area contributed by atoms with Gasteiger partial charge in [0.25, 0.3) is 11.8 Å². The number of amides is 2. The van der Waals surface area contributed by atoms with Crippen LogP contribution >= 0.6 is 15.9 Å². The number of carbonyl (C=O) groups is 2. The summed E-state index contributed by atoms with van der Waals surface area (Å²) in [6, 6.07) is 9.23. The largest absolute Gasteiger partial charge is 0.348 e. The zero-order valence-corrected chi connectivity index (χ0v) is 15.5. The van der Waals surface area contributed by atoms with Crippen LogP contribution in [0.15, 0.2) is 45.8 Å². The number of benzene rings is 2. The van der Waals surface area contributed by atoms with E-state index in [0.29, 0.717) is 22.3 Å². The third-order valence-corrected chi connectivity index (χ3v) is 5.92. The highest BCUT2D eigenvalue weighted by molar-refractivity contribution is 9.10. The van der Waals surface area contributed by atoms with Crippen LogP contribution in [-0.4, -0.2) is 27.3 Å². The van der Waals surface area contributed by atoms with Crippen LogP contribution in [0.25, 0.3) is 0 Å². The Balaban J connectivity index is 1.90. The zero-order valence-electron chi connectivity index (χ0n) is 13.1. The second kappa shape index (κ2) is 6.58. The molecular weight excluding hydrogens is 410 g/mol. The van der Waals surface area contributed by atoms with Gasteiger partial charge in [-0.3, -0.25) is 9.59 Å². The van der Waals surface area contributed by atoms with Crippen molar-refractivity contribution < 1.29 is 18.0 Å². The summed E-state index contributed by atoms with van der Waals surface area (Å²) in [6.07, 6.45) is 0. The van der Waals surface area contributed by atoms with Crippen molar-refractivity contribution in [2.24, 2.45) is 0 Å². The molecule has 2 aromatic carbocycles. The van der Waals surface area contributed by atoms with E-state index in [0.717, 1.165) is 5.56 Å². The summed E-state index contributed by atoms with van der Waals surface area (Å²) in [5, 5.41) is 5.39. The molecule has 0 bridgehead atoms. The van der Waals surface area contributed by atoms with Gasteiger partial charge in [0.05, 0.1) is 10.5 Å². The van der Waals surface area contributed by atoms with Crippen LogP contribution in [0.3, 0.4) is 0 Å². The molecule has 0 aliphatic carbocycles. The van der Waals surface area contributed by atoms with Crippen molar-refractivity contribution in [2.45, 2.75) is 11.4 Å². The van der Waals surface area contributed by atoms with Crippen LogP contribution in [0.2, 0.25) is 0 Å². The van der Waals surface area contributed by atoms with Gasteiger partial charge in [-0.15, -0.1) is 0 Å². The average molecular weight is 424 g/mol. The monoisotopic (exact) mass is 423 g/mol. The maximum atomic E-state index is 12.5. The molecule has 130 valence electrons. The van der Waals surface area contributed by atoms with E-state index in [4.69, 9.17) is 0 Å². The molecule has 0 unspecified atom stereocenters. The lowest BCUT2D eigenvalue weighted by atomic mass is 10.1. The van der Waals surface area contributed by atoms with Crippen molar-refractivity contribution in [1.29, 1.82) is 0 Å². The van der Waals surface area contributed by atoms with Crippen molar-refractivity contribution in [2.75, 3.05) is 12.4 Å². The summed E-state index contributed by atoms with van der Waals surface area (Å²) in [6.45, 7) is 0.470. The standard InChI is InChI=1S/C16H14BrN3O4S/c1-18-25(23,24)11-4-5-14(17)13(7-11)16(22)20-10-3-2-9-8-19-15(21)12(9)6-10/h2-7,18H,8H2,1H3,(H,19,21)(H,20,22). The fourth-order valence-corrected chi connectivity index (χ4v) is 3.63. The van der Waals surface area contributed by atoms with Crippen molar-refractivity contribution >= 4 is 43.5 Å². The highest BCUT2D eigenvalue weighted by Gasteiger charge is 2.20. The molecule has 1 heterocycles. The first-order valence-electron chi connectivity index (χ1n) is 7.27. The van der Waals surface area contributed by atoms with E-state index in [1.54, 1.807) is 18.2 Å². The third kappa shape index (κ3) is 3.44. The zero-order chi connectivity index (χ0) is 18.2. The number of nitrogens with one attached hydrogen (secondary N) is 3. The number of fused-ring (bicyclic) bond motifs is 1. The maximum Gasteiger partial charge on any atom is 0.256 e. The number of carbonyl (C=O) groups excluding carboxylic acids is 2. The normalized spacial score (nSPS) is 13.3. The molecule has 2 aromatic rings. The molecule has 0 saturated carbocycles. The minimum atomic E-state index is -3.66. The summed E-state index contributed by atoms with van der Waals surface area (Å²) < 4.78 is 26.5. The summed E-state index contributed by atoms with van der Waals surface area (Å²) in [5.41, 5.74) is 2.01. The van der Waals surface area contributed by atoms with E-state index in [1.165, 1.54) is 25.2 Å². The SMILES string of the molecule is CNS(=O)(=O)c1ccc(Br)c(C(=O)Nc2ccc3c(c2)C(=O)NC3)c1. The van der Waals surface area contributed by atoms with Gasteiger partial charge in [-0.05, 0) is 58.9 Å². The van der Waals surface area contributed by atoms with Crippen molar-refractivity contribution in [3.05, 3.63) is 57.6 Å². The molecular formula is C16H14BrN3O4S. The molecule has 25 heavy (non-hydrogen) atoms. The molecule has 0 saturated heterocycles. The summed E-state index contributed by atoms with van der Waals surface area (Å²) in [4.78, 5) is 24.2. The average Bonchev–Trinajstić information content (AvgIpc) is 2.96. The molecule has 7 nitrogen and oxygen atoms in total. The Morgan fingerprint density at radius 3 is 2.68 bits per heavy atom. The van der Waals surface area contributed by atoms with Crippen LogP contribution in [0.4, 0.5) is 5.69 Å². The molecule has 3 N–H and O–H groups in total. The van der Waals surface area contributed by atoms with Gasteiger partial charge in [0.2, 0.25) is 10.0 Å². The second-order valence-electron chi connectivity index (χ2n) is 5.36. The molecule has 3 rings (SSSR count). The van der Waals surface area contributed by atoms with Crippen LogP contribution in [0.5, 0.6) is 0 Å². The van der Waals surface area contributed by atoms with E-state index in [2.05, 4.69) is 31.3 Å². The number of sulfonamides is 1. The smallest absolute Gasteiger partial charge is 0.256 e. The molecule has 9 heteroatoms. The maximum absolute atomic E-state index is 12.5. The third-order valence-electron chi connectivity index (χ3n) is 3.81. The quantitative estimate of drug-likeness (QED) is 0.697. The number of hydrogen-bond donors (Lipinski definition) is 3. The highest BCUT2D eigenvalue weighted by Crippen LogP contribution is 2.24. The highest BCUT2D eigenvalue weighted by atomic mass is 79.9. The van der Waals surface area contributed by atoms with Gasteiger partial charge >= 0.3 is 0 Å². The molecule has 0 spiro atoms. The van der Waals surface area contributed by atoms with Gasteiger partial charge in [-0.25, -0.2) is 13.1 Å². The number of halogens is 1. The number of anilines is 1.